The Bertz CT molecular complexity index is 925. The third-order valence-corrected chi connectivity index (χ3v) is 5.14. The summed E-state index contributed by atoms with van der Waals surface area (Å²) in [4.78, 5) is 17.2. The van der Waals surface area contributed by atoms with Gasteiger partial charge in [-0.15, -0.1) is 0 Å². The summed E-state index contributed by atoms with van der Waals surface area (Å²) in [5, 5.41) is 0. The number of piperazine rings is 1. The van der Waals surface area contributed by atoms with E-state index in [-0.39, 0.29) is 5.78 Å². The van der Waals surface area contributed by atoms with Gasteiger partial charge in [0.1, 0.15) is 0 Å². The van der Waals surface area contributed by atoms with Crippen LogP contribution in [0.4, 0.5) is 11.4 Å². The predicted molar refractivity (Wildman–Crippen MR) is 117 cm³/mol. The third kappa shape index (κ3) is 4.32. The molecule has 1 aliphatic rings. The van der Waals surface area contributed by atoms with Gasteiger partial charge in [-0.3, -0.25) is 4.79 Å². The molecule has 1 heterocycles. The van der Waals surface area contributed by atoms with E-state index in [0.717, 1.165) is 37.3 Å². The quantitative estimate of drug-likeness (QED) is 0.472. The summed E-state index contributed by atoms with van der Waals surface area (Å²) in [7, 11) is 0. The van der Waals surface area contributed by atoms with Gasteiger partial charge in [-0.2, -0.15) is 0 Å². The zero-order valence-corrected chi connectivity index (χ0v) is 15.9. The number of hydrogen-bond acceptors (Lipinski definition) is 3. The summed E-state index contributed by atoms with van der Waals surface area (Å²) < 4.78 is 0. The molecule has 3 nitrogen and oxygen atoms in total. The molecule has 1 fully saturated rings. The number of carbonyl (C=O) groups excluding carboxylic acids is 1. The smallest absolute Gasteiger partial charge is 0.185 e. The Morgan fingerprint density at radius 2 is 1.14 bits per heavy atom. The number of rotatable bonds is 5. The Labute approximate surface area is 166 Å². The average molecular weight is 368 g/mol. The van der Waals surface area contributed by atoms with E-state index in [9.17, 15) is 4.79 Å². The van der Waals surface area contributed by atoms with Crippen molar-refractivity contribution in [1.82, 2.24) is 0 Å². The number of anilines is 2. The Kier molecular flexibility index (Phi) is 5.53. The molecule has 0 unspecified atom stereocenters. The molecule has 0 amide bonds. The van der Waals surface area contributed by atoms with Crippen molar-refractivity contribution in [2.75, 3.05) is 36.0 Å². The SMILES string of the molecule is O=C(/C=C/c1ccccc1)c1ccc(N2CCN(c3ccccc3)CC2)cc1. The largest absolute Gasteiger partial charge is 0.368 e. The Balaban J connectivity index is 1.36. The van der Waals surface area contributed by atoms with Gasteiger partial charge in [-0.05, 0) is 48.0 Å². The molecular weight excluding hydrogens is 344 g/mol. The number of ketones is 1. The first-order valence-corrected chi connectivity index (χ1v) is 9.72. The maximum atomic E-state index is 12.4. The molecule has 0 spiro atoms. The minimum atomic E-state index is 0.0318. The lowest BCUT2D eigenvalue weighted by atomic mass is 10.1. The number of benzene rings is 3. The van der Waals surface area contributed by atoms with Crippen molar-refractivity contribution < 1.29 is 4.79 Å². The number of para-hydroxylation sites is 1. The van der Waals surface area contributed by atoms with E-state index < -0.39 is 0 Å². The van der Waals surface area contributed by atoms with Gasteiger partial charge in [0.15, 0.2) is 5.78 Å². The van der Waals surface area contributed by atoms with Gasteiger partial charge in [0.05, 0.1) is 0 Å². The molecule has 1 aliphatic heterocycles. The first-order valence-electron chi connectivity index (χ1n) is 9.72. The molecule has 0 aliphatic carbocycles. The molecule has 1 saturated heterocycles. The zero-order valence-electron chi connectivity index (χ0n) is 15.9. The maximum absolute atomic E-state index is 12.4. The van der Waals surface area contributed by atoms with E-state index in [4.69, 9.17) is 0 Å². The second-order valence-corrected chi connectivity index (χ2v) is 6.96. The molecular formula is C25H24N2O. The first-order chi connectivity index (χ1) is 13.8. The van der Waals surface area contributed by atoms with Crippen molar-refractivity contribution in [1.29, 1.82) is 0 Å². The fraction of sp³-hybridized carbons (Fsp3) is 0.160. The van der Waals surface area contributed by atoms with Gasteiger partial charge in [-0.25, -0.2) is 0 Å². The van der Waals surface area contributed by atoms with Gasteiger partial charge < -0.3 is 9.80 Å². The van der Waals surface area contributed by atoms with Crippen molar-refractivity contribution in [3.8, 4) is 0 Å². The molecule has 140 valence electrons. The van der Waals surface area contributed by atoms with Crippen molar-refractivity contribution in [2.45, 2.75) is 0 Å². The summed E-state index contributed by atoms with van der Waals surface area (Å²) >= 11 is 0. The molecule has 3 heteroatoms. The van der Waals surface area contributed by atoms with Crippen LogP contribution in [0.15, 0.2) is 91.0 Å². The van der Waals surface area contributed by atoms with Crippen molar-refractivity contribution in [3.63, 3.8) is 0 Å². The van der Waals surface area contributed by atoms with Crippen molar-refractivity contribution in [3.05, 3.63) is 102 Å². The molecule has 28 heavy (non-hydrogen) atoms. The average Bonchev–Trinajstić information content (AvgIpc) is 2.79. The summed E-state index contributed by atoms with van der Waals surface area (Å²) in [5.41, 5.74) is 4.22. The lowest BCUT2D eigenvalue weighted by Crippen LogP contribution is -2.46. The van der Waals surface area contributed by atoms with Crippen LogP contribution in [0.1, 0.15) is 15.9 Å². The summed E-state index contributed by atoms with van der Waals surface area (Å²) in [6.07, 6.45) is 3.50. The number of hydrogen-bond donors (Lipinski definition) is 0. The fourth-order valence-corrected chi connectivity index (χ4v) is 3.53. The maximum Gasteiger partial charge on any atom is 0.185 e. The molecule has 4 rings (SSSR count). The van der Waals surface area contributed by atoms with Crippen LogP contribution in [0, 0.1) is 0 Å². The van der Waals surface area contributed by atoms with Crippen LogP contribution < -0.4 is 9.80 Å². The minimum Gasteiger partial charge on any atom is -0.368 e. The standard InChI is InChI=1S/C25H24N2O/c28-25(16-11-21-7-3-1-4-8-21)22-12-14-24(15-13-22)27-19-17-26(18-20-27)23-9-5-2-6-10-23/h1-16H,17-20H2/b16-11+. The second kappa shape index (κ2) is 8.57. The first kappa shape index (κ1) is 18.1. The van der Waals surface area contributed by atoms with Gasteiger partial charge in [0.2, 0.25) is 0 Å². The molecule has 0 N–H and O–H groups in total. The highest BCUT2D eigenvalue weighted by atomic mass is 16.1. The number of allylic oxidation sites excluding steroid dienone is 1. The van der Waals surface area contributed by atoms with E-state index in [1.165, 1.54) is 11.4 Å². The Hall–Kier alpha value is -3.33. The van der Waals surface area contributed by atoms with Crippen molar-refractivity contribution in [2.24, 2.45) is 0 Å². The lowest BCUT2D eigenvalue weighted by Gasteiger charge is -2.37. The van der Waals surface area contributed by atoms with E-state index in [1.54, 1.807) is 6.08 Å². The fourth-order valence-electron chi connectivity index (χ4n) is 3.53. The van der Waals surface area contributed by atoms with Gasteiger partial charge >= 0.3 is 0 Å². The monoisotopic (exact) mass is 368 g/mol. The highest BCUT2D eigenvalue weighted by Gasteiger charge is 2.17. The molecule has 3 aromatic rings. The van der Waals surface area contributed by atoms with E-state index in [2.05, 4.69) is 52.3 Å². The minimum absolute atomic E-state index is 0.0318. The van der Waals surface area contributed by atoms with Crippen molar-refractivity contribution >= 4 is 23.2 Å². The summed E-state index contributed by atoms with van der Waals surface area (Å²) in [6, 6.07) is 28.4. The van der Waals surface area contributed by atoms with Crippen LogP contribution in [-0.4, -0.2) is 32.0 Å². The molecule has 0 radical (unpaired) electrons. The zero-order chi connectivity index (χ0) is 19.2. The topological polar surface area (TPSA) is 23.6 Å². The Morgan fingerprint density at radius 1 is 0.643 bits per heavy atom. The van der Waals surface area contributed by atoms with Crippen LogP contribution in [-0.2, 0) is 0 Å². The molecule has 0 atom stereocenters. The molecule has 3 aromatic carbocycles. The van der Waals surface area contributed by atoms with E-state index >= 15 is 0 Å². The van der Waals surface area contributed by atoms with E-state index in [1.807, 2.05) is 48.5 Å². The normalized spacial score (nSPS) is 14.4. The van der Waals surface area contributed by atoms with Gasteiger partial charge in [0.25, 0.3) is 0 Å². The third-order valence-electron chi connectivity index (χ3n) is 5.14. The van der Waals surface area contributed by atoms with Gasteiger partial charge in [-0.1, -0.05) is 54.6 Å². The Morgan fingerprint density at radius 3 is 1.71 bits per heavy atom. The molecule has 0 saturated carbocycles. The highest BCUT2D eigenvalue weighted by molar-refractivity contribution is 6.06. The second-order valence-electron chi connectivity index (χ2n) is 6.96. The lowest BCUT2D eigenvalue weighted by molar-refractivity contribution is 0.104. The molecule has 0 bridgehead atoms. The van der Waals surface area contributed by atoms with E-state index in [0.29, 0.717) is 0 Å². The van der Waals surface area contributed by atoms with Crippen LogP contribution in [0.25, 0.3) is 6.08 Å². The van der Waals surface area contributed by atoms with Crippen LogP contribution in [0.2, 0.25) is 0 Å². The van der Waals surface area contributed by atoms with Crippen LogP contribution >= 0.6 is 0 Å². The summed E-state index contributed by atoms with van der Waals surface area (Å²) in [5.74, 6) is 0.0318. The number of nitrogens with zero attached hydrogens (tertiary/aromatic N) is 2. The van der Waals surface area contributed by atoms with Crippen LogP contribution in [0.5, 0.6) is 0 Å². The molecule has 0 aromatic heterocycles. The van der Waals surface area contributed by atoms with Crippen LogP contribution in [0.3, 0.4) is 0 Å². The summed E-state index contributed by atoms with van der Waals surface area (Å²) in [6.45, 7) is 3.97. The van der Waals surface area contributed by atoms with Gasteiger partial charge in [0, 0.05) is 43.1 Å². The predicted octanol–water partition coefficient (Wildman–Crippen LogP) is 4.91. The number of carbonyl (C=O) groups is 1. The highest BCUT2D eigenvalue weighted by Crippen LogP contribution is 2.21.